The number of benzene rings is 1. The van der Waals surface area contributed by atoms with Gasteiger partial charge in [0.05, 0.1) is 0 Å². The fraction of sp³-hybridized carbons (Fsp3) is 0.538. The first-order valence-electron chi connectivity index (χ1n) is 6.54. The van der Waals surface area contributed by atoms with Crippen molar-refractivity contribution in [2.75, 3.05) is 26.2 Å². The van der Waals surface area contributed by atoms with Crippen molar-refractivity contribution in [3.05, 3.63) is 23.8 Å². The van der Waals surface area contributed by atoms with Crippen molar-refractivity contribution < 1.29 is 69.1 Å². The maximum absolute atomic E-state index is 12.6. The molecule has 0 radical (unpaired) electrons. The van der Waals surface area contributed by atoms with Gasteiger partial charge in [0.25, 0.3) is 0 Å². The fourth-order valence-corrected chi connectivity index (χ4v) is 1.86. The second kappa shape index (κ2) is 9.48. The summed E-state index contributed by atoms with van der Waals surface area (Å²) in [6, 6.07) is 3.63. The van der Waals surface area contributed by atoms with E-state index in [9.17, 15) is 12.9 Å². The first-order chi connectivity index (χ1) is 8.88. The predicted molar refractivity (Wildman–Crippen MR) is 73.2 cm³/mol. The van der Waals surface area contributed by atoms with Crippen LogP contribution in [-0.2, 0) is 0 Å². The maximum Gasteiger partial charge on any atom is 1.00 e. The van der Waals surface area contributed by atoms with Crippen molar-refractivity contribution >= 4 is 12.4 Å². The number of hydrogen-bond acceptors (Lipinski definition) is 2. The molecule has 0 spiro atoms. The molecule has 108 valence electrons. The van der Waals surface area contributed by atoms with Gasteiger partial charge >= 0.3 is 58.4 Å². The minimum Gasteiger partial charge on any atom is -0.492 e. The topological polar surface area (TPSA) is 12.5 Å². The van der Waals surface area contributed by atoms with Crippen LogP contribution in [0.1, 0.15) is 19.4 Å². The third-order valence-electron chi connectivity index (χ3n) is 3.14. The van der Waals surface area contributed by atoms with Gasteiger partial charge in [0.15, 0.2) is 0 Å². The van der Waals surface area contributed by atoms with Gasteiger partial charge in [0.2, 0.25) is 0 Å². The monoisotopic (exact) mass is 313 g/mol. The van der Waals surface area contributed by atoms with Crippen LogP contribution in [-0.4, -0.2) is 38.1 Å². The van der Waals surface area contributed by atoms with E-state index in [-0.39, 0.29) is 51.4 Å². The molecule has 0 N–H and O–H groups in total. The average molecular weight is 313 g/mol. The molecule has 2 nitrogen and oxygen atoms in total. The van der Waals surface area contributed by atoms with E-state index in [4.69, 9.17) is 4.74 Å². The summed E-state index contributed by atoms with van der Waals surface area (Å²) in [6.45, 7) is 3.97. The average Bonchev–Trinajstić information content (AvgIpc) is 2.35. The molecule has 0 atom stereocenters. The van der Waals surface area contributed by atoms with E-state index >= 15 is 0 Å². The zero-order chi connectivity index (χ0) is 14.5. The number of halogens is 3. The number of likely N-dealkylation sites (N-methyl/N-ethyl adjacent to an activating group) is 1. The van der Waals surface area contributed by atoms with Crippen LogP contribution in [0.5, 0.6) is 5.75 Å². The molecule has 1 aromatic rings. The molecule has 1 rings (SSSR count). The maximum atomic E-state index is 12.6. The van der Waals surface area contributed by atoms with Crippen LogP contribution in [0.4, 0.5) is 12.9 Å². The summed E-state index contributed by atoms with van der Waals surface area (Å²) in [5, 5.41) is 0. The molecule has 0 bridgehead atoms. The van der Waals surface area contributed by atoms with Crippen LogP contribution in [0.3, 0.4) is 0 Å². The summed E-state index contributed by atoms with van der Waals surface area (Å²) < 4.78 is 43.2. The summed E-state index contributed by atoms with van der Waals surface area (Å²) in [5.41, 5.74) is -0.0511. The summed E-state index contributed by atoms with van der Waals surface area (Å²) in [5.74, 6) is 0.524. The van der Waals surface area contributed by atoms with Gasteiger partial charge in [-0.1, -0.05) is 26.0 Å². The van der Waals surface area contributed by atoms with Crippen molar-refractivity contribution in [3.63, 3.8) is 0 Å². The molecular weight excluding hydrogens is 293 g/mol. The van der Waals surface area contributed by atoms with E-state index < -0.39 is 12.4 Å². The first-order valence-corrected chi connectivity index (χ1v) is 6.54. The van der Waals surface area contributed by atoms with Gasteiger partial charge in [0, 0.05) is 6.54 Å². The molecule has 7 heteroatoms. The summed E-state index contributed by atoms with van der Waals surface area (Å²) in [4.78, 5) is 2.20. The number of rotatable bonds is 7. The Morgan fingerprint density at radius 3 is 2.20 bits per heavy atom. The van der Waals surface area contributed by atoms with Gasteiger partial charge < -0.3 is 22.6 Å². The van der Waals surface area contributed by atoms with Crippen LogP contribution in [0.2, 0.25) is 0 Å². The van der Waals surface area contributed by atoms with Crippen LogP contribution in [0, 0.1) is 6.92 Å². The van der Waals surface area contributed by atoms with Crippen LogP contribution >= 0.6 is 0 Å². The fourth-order valence-electron chi connectivity index (χ4n) is 1.86. The number of ether oxygens (including phenoxy) is 1. The normalized spacial score (nSPS) is 11.3. The molecule has 1 aromatic carbocycles. The molecule has 20 heavy (non-hydrogen) atoms. The SMILES string of the molecule is CCN(CC)CCOc1ccc([B-](F)(F)F)cc1C.[K+]. The Balaban J connectivity index is 0.00000361. The van der Waals surface area contributed by atoms with Gasteiger partial charge in [-0.3, -0.25) is 0 Å². The van der Waals surface area contributed by atoms with E-state index in [1.807, 2.05) is 0 Å². The molecule has 0 aliphatic heterocycles. The molecule has 0 aromatic heterocycles. The molecule has 0 aliphatic carbocycles. The van der Waals surface area contributed by atoms with Crippen LogP contribution < -0.4 is 61.6 Å². The van der Waals surface area contributed by atoms with Crippen LogP contribution in [0.25, 0.3) is 0 Å². The number of hydrogen-bond donors (Lipinski definition) is 0. The summed E-state index contributed by atoms with van der Waals surface area (Å²) >= 11 is 0. The number of nitrogens with zero attached hydrogens (tertiary/aromatic N) is 1. The molecule has 0 heterocycles. The Morgan fingerprint density at radius 1 is 1.15 bits per heavy atom. The zero-order valence-electron chi connectivity index (χ0n) is 12.6. The predicted octanol–water partition coefficient (Wildman–Crippen LogP) is -0.226. The van der Waals surface area contributed by atoms with Crippen molar-refractivity contribution in [3.8, 4) is 5.75 Å². The molecule has 0 aliphatic rings. The second-order valence-electron chi connectivity index (χ2n) is 4.48. The molecule has 0 fully saturated rings. The van der Waals surface area contributed by atoms with Crippen molar-refractivity contribution in [2.24, 2.45) is 0 Å². The Labute approximate surface area is 161 Å². The smallest absolute Gasteiger partial charge is 0.492 e. The van der Waals surface area contributed by atoms with Crippen molar-refractivity contribution in [1.82, 2.24) is 4.90 Å². The molecule has 0 amide bonds. The Morgan fingerprint density at radius 2 is 1.75 bits per heavy atom. The summed E-state index contributed by atoms with van der Waals surface area (Å²) in [6.07, 6.45) is 0. The number of aryl methyl sites for hydroxylation is 1. The van der Waals surface area contributed by atoms with E-state index in [1.165, 1.54) is 6.07 Å². The van der Waals surface area contributed by atoms with Gasteiger partial charge in [0.1, 0.15) is 12.4 Å². The van der Waals surface area contributed by atoms with Gasteiger partial charge in [-0.15, -0.1) is 5.46 Å². The summed E-state index contributed by atoms with van der Waals surface area (Å²) in [7, 11) is 0. The minimum absolute atomic E-state index is 0. The van der Waals surface area contributed by atoms with Crippen molar-refractivity contribution in [2.45, 2.75) is 20.8 Å². The van der Waals surface area contributed by atoms with Gasteiger partial charge in [-0.05, 0) is 31.6 Å². The van der Waals surface area contributed by atoms with E-state index in [1.54, 1.807) is 6.92 Å². The van der Waals surface area contributed by atoms with Gasteiger partial charge in [-0.2, -0.15) is 0 Å². The Kier molecular flexibility index (Phi) is 9.70. The van der Waals surface area contributed by atoms with E-state index in [0.717, 1.165) is 31.8 Å². The quantitative estimate of drug-likeness (QED) is 0.645. The van der Waals surface area contributed by atoms with Gasteiger partial charge in [-0.25, -0.2) is 0 Å². The van der Waals surface area contributed by atoms with Crippen molar-refractivity contribution in [1.29, 1.82) is 0 Å². The Hall–Kier alpha value is 0.471. The third kappa shape index (κ3) is 6.49. The zero-order valence-corrected chi connectivity index (χ0v) is 15.8. The van der Waals surface area contributed by atoms with E-state index in [2.05, 4.69) is 18.7 Å². The second-order valence-corrected chi connectivity index (χ2v) is 4.48. The van der Waals surface area contributed by atoms with Crippen LogP contribution in [0.15, 0.2) is 18.2 Å². The molecule has 0 unspecified atom stereocenters. The molecule has 0 saturated carbocycles. The third-order valence-corrected chi connectivity index (χ3v) is 3.14. The molecule has 0 saturated heterocycles. The first kappa shape index (κ1) is 20.5. The Bertz CT molecular complexity index is 411. The minimum atomic E-state index is -4.94. The largest absolute Gasteiger partial charge is 1.00 e. The van der Waals surface area contributed by atoms with E-state index in [0.29, 0.717) is 17.9 Å². The molecular formula is C13H20BF3KNO. The standard InChI is InChI=1S/C13H20BF3NO.K/c1-4-18(5-2)8-9-19-13-7-6-12(10-11(13)3)14(15,16)17;/h6-7,10H,4-5,8-9H2,1-3H3;/q-1;+1.